The van der Waals surface area contributed by atoms with E-state index in [1.54, 1.807) is 0 Å². The largest absolute Gasteiger partial charge is 0.382 e. The Bertz CT molecular complexity index is 474. The molecule has 4 heteroatoms. The van der Waals surface area contributed by atoms with Crippen LogP contribution >= 0.6 is 0 Å². The summed E-state index contributed by atoms with van der Waals surface area (Å²) in [6.45, 7) is 1.80. The zero-order chi connectivity index (χ0) is 10.8. The molecule has 1 saturated heterocycles. The summed E-state index contributed by atoms with van der Waals surface area (Å²) < 4.78 is 5.57. The second-order valence-corrected chi connectivity index (χ2v) is 4.19. The fraction of sp³-hybridized carbons (Fsp3) is 0.417. The van der Waals surface area contributed by atoms with Crippen molar-refractivity contribution in [3.05, 3.63) is 24.4 Å². The smallest absolute Gasteiger partial charge is 0.0748 e. The van der Waals surface area contributed by atoms with Gasteiger partial charge in [-0.2, -0.15) is 5.10 Å². The predicted molar refractivity (Wildman–Crippen MR) is 63.6 cm³/mol. The Morgan fingerprint density at radius 1 is 1.50 bits per heavy atom. The Labute approximate surface area is 94.0 Å². The highest BCUT2D eigenvalue weighted by atomic mass is 16.5. The Kier molecular flexibility index (Phi) is 2.50. The monoisotopic (exact) mass is 217 g/mol. The molecule has 3 rings (SSSR count). The third-order valence-corrected chi connectivity index (χ3v) is 3.00. The summed E-state index contributed by atoms with van der Waals surface area (Å²) >= 11 is 0. The highest BCUT2D eigenvalue weighted by Crippen LogP contribution is 2.18. The van der Waals surface area contributed by atoms with Gasteiger partial charge in [0.05, 0.1) is 17.8 Å². The number of hydrogen-bond acceptors (Lipinski definition) is 3. The molecule has 0 spiro atoms. The third kappa shape index (κ3) is 1.88. The van der Waals surface area contributed by atoms with Crippen LogP contribution in [0.3, 0.4) is 0 Å². The van der Waals surface area contributed by atoms with Crippen molar-refractivity contribution in [3.63, 3.8) is 0 Å². The van der Waals surface area contributed by atoms with Crippen molar-refractivity contribution in [2.75, 3.05) is 18.5 Å². The van der Waals surface area contributed by atoms with Gasteiger partial charge in [-0.3, -0.25) is 5.10 Å². The first kappa shape index (κ1) is 9.66. The van der Waals surface area contributed by atoms with E-state index in [0.717, 1.165) is 29.7 Å². The summed E-state index contributed by atoms with van der Waals surface area (Å²) in [5, 5.41) is 11.5. The topological polar surface area (TPSA) is 49.9 Å². The third-order valence-electron chi connectivity index (χ3n) is 3.00. The first-order valence-electron chi connectivity index (χ1n) is 5.70. The molecule has 0 aliphatic carbocycles. The number of aromatic nitrogens is 2. The van der Waals surface area contributed by atoms with Crippen molar-refractivity contribution in [1.82, 2.24) is 10.2 Å². The number of fused-ring (bicyclic) bond motifs is 1. The van der Waals surface area contributed by atoms with Gasteiger partial charge in [-0.1, -0.05) is 0 Å². The number of nitrogens with one attached hydrogen (secondary N) is 2. The normalized spacial score (nSPS) is 20.4. The van der Waals surface area contributed by atoms with Crippen molar-refractivity contribution >= 4 is 16.6 Å². The second-order valence-electron chi connectivity index (χ2n) is 4.19. The summed E-state index contributed by atoms with van der Waals surface area (Å²) in [7, 11) is 0. The average molecular weight is 217 g/mol. The lowest BCUT2D eigenvalue weighted by Crippen LogP contribution is -2.18. The number of rotatable bonds is 3. The predicted octanol–water partition coefficient (Wildman–Crippen LogP) is 2.15. The molecule has 1 aliphatic heterocycles. The van der Waals surface area contributed by atoms with Gasteiger partial charge < -0.3 is 10.1 Å². The van der Waals surface area contributed by atoms with Crippen molar-refractivity contribution in [2.24, 2.45) is 0 Å². The van der Waals surface area contributed by atoms with E-state index < -0.39 is 0 Å². The minimum Gasteiger partial charge on any atom is -0.382 e. The summed E-state index contributed by atoms with van der Waals surface area (Å²) in [4.78, 5) is 0. The molecule has 2 heterocycles. The van der Waals surface area contributed by atoms with Gasteiger partial charge in [0.25, 0.3) is 0 Å². The maximum Gasteiger partial charge on any atom is 0.0748 e. The van der Waals surface area contributed by atoms with Gasteiger partial charge in [-0.05, 0) is 31.0 Å². The molecule has 1 unspecified atom stereocenters. The van der Waals surface area contributed by atoms with Crippen LogP contribution in [-0.4, -0.2) is 29.5 Å². The molecule has 0 amide bonds. The van der Waals surface area contributed by atoms with E-state index in [9.17, 15) is 0 Å². The van der Waals surface area contributed by atoms with Gasteiger partial charge in [-0.15, -0.1) is 0 Å². The minimum absolute atomic E-state index is 0.375. The SMILES string of the molecule is c1cc2[nH]ncc2cc1NCC1CCCO1. The van der Waals surface area contributed by atoms with E-state index in [1.807, 2.05) is 12.3 Å². The maximum absolute atomic E-state index is 5.57. The Balaban J connectivity index is 1.68. The fourth-order valence-electron chi connectivity index (χ4n) is 2.09. The van der Waals surface area contributed by atoms with Crippen LogP contribution in [-0.2, 0) is 4.74 Å². The molecule has 0 saturated carbocycles. The number of nitrogens with zero attached hydrogens (tertiary/aromatic N) is 1. The molecule has 0 bridgehead atoms. The summed E-state index contributed by atoms with van der Waals surface area (Å²) in [5.41, 5.74) is 2.20. The van der Waals surface area contributed by atoms with Crippen molar-refractivity contribution in [2.45, 2.75) is 18.9 Å². The molecule has 84 valence electrons. The van der Waals surface area contributed by atoms with Crippen LogP contribution in [0, 0.1) is 0 Å². The maximum atomic E-state index is 5.57. The molecule has 2 aromatic rings. The molecule has 1 atom stereocenters. The van der Waals surface area contributed by atoms with Crippen molar-refractivity contribution in [1.29, 1.82) is 0 Å². The van der Waals surface area contributed by atoms with E-state index in [4.69, 9.17) is 4.74 Å². The Hall–Kier alpha value is -1.55. The van der Waals surface area contributed by atoms with E-state index in [1.165, 1.54) is 12.8 Å². The lowest BCUT2D eigenvalue weighted by Gasteiger charge is -2.11. The standard InChI is InChI=1S/C12H15N3O/c1-2-11(16-5-1)8-13-10-3-4-12-9(6-10)7-14-15-12/h3-4,6-7,11,13H,1-2,5,8H2,(H,14,15). The van der Waals surface area contributed by atoms with E-state index in [-0.39, 0.29) is 0 Å². The number of anilines is 1. The molecule has 1 fully saturated rings. The lowest BCUT2D eigenvalue weighted by molar-refractivity contribution is 0.120. The van der Waals surface area contributed by atoms with Crippen molar-refractivity contribution < 1.29 is 4.74 Å². The number of aromatic amines is 1. The van der Waals surface area contributed by atoms with Crippen molar-refractivity contribution in [3.8, 4) is 0 Å². The van der Waals surface area contributed by atoms with Crippen LogP contribution in [0.2, 0.25) is 0 Å². The van der Waals surface area contributed by atoms with Crippen LogP contribution in [0.25, 0.3) is 10.9 Å². The first-order chi connectivity index (χ1) is 7.92. The zero-order valence-corrected chi connectivity index (χ0v) is 9.07. The molecule has 1 aliphatic rings. The summed E-state index contributed by atoms with van der Waals surface area (Å²) in [6.07, 6.45) is 4.57. The number of benzene rings is 1. The lowest BCUT2D eigenvalue weighted by atomic mass is 10.2. The molecule has 1 aromatic heterocycles. The van der Waals surface area contributed by atoms with Gasteiger partial charge >= 0.3 is 0 Å². The molecule has 1 aromatic carbocycles. The highest BCUT2D eigenvalue weighted by molar-refractivity contribution is 5.81. The number of hydrogen-bond donors (Lipinski definition) is 2. The molecule has 2 N–H and O–H groups in total. The highest BCUT2D eigenvalue weighted by Gasteiger charge is 2.14. The van der Waals surface area contributed by atoms with Gasteiger partial charge in [0.1, 0.15) is 0 Å². The van der Waals surface area contributed by atoms with Gasteiger partial charge in [0, 0.05) is 24.2 Å². The van der Waals surface area contributed by atoms with Gasteiger partial charge in [-0.25, -0.2) is 0 Å². The molecule has 16 heavy (non-hydrogen) atoms. The van der Waals surface area contributed by atoms with Crippen LogP contribution in [0.1, 0.15) is 12.8 Å². The van der Waals surface area contributed by atoms with Gasteiger partial charge in [0.2, 0.25) is 0 Å². The summed E-state index contributed by atoms with van der Waals surface area (Å²) in [6, 6.07) is 6.21. The van der Waals surface area contributed by atoms with Crippen LogP contribution in [0.5, 0.6) is 0 Å². The van der Waals surface area contributed by atoms with Crippen LogP contribution < -0.4 is 5.32 Å². The Morgan fingerprint density at radius 3 is 3.38 bits per heavy atom. The van der Waals surface area contributed by atoms with E-state index in [0.29, 0.717) is 6.10 Å². The number of ether oxygens (including phenoxy) is 1. The molecule has 4 nitrogen and oxygen atoms in total. The van der Waals surface area contributed by atoms with Crippen LogP contribution in [0.15, 0.2) is 24.4 Å². The fourth-order valence-corrected chi connectivity index (χ4v) is 2.09. The molecular formula is C12H15N3O. The average Bonchev–Trinajstić information content (AvgIpc) is 2.97. The Morgan fingerprint density at radius 2 is 2.50 bits per heavy atom. The second kappa shape index (κ2) is 4.14. The minimum atomic E-state index is 0.375. The number of H-pyrrole nitrogens is 1. The quantitative estimate of drug-likeness (QED) is 0.828. The molecular weight excluding hydrogens is 202 g/mol. The van der Waals surface area contributed by atoms with Gasteiger partial charge in [0.15, 0.2) is 0 Å². The zero-order valence-electron chi connectivity index (χ0n) is 9.07. The summed E-state index contributed by atoms with van der Waals surface area (Å²) in [5.74, 6) is 0. The van der Waals surface area contributed by atoms with Crippen LogP contribution in [0.4, 0.5) is 5.69 Å². The van der Waals surface area contributed by atoms with E-state index in [2.05, 4.69) is 27.6 Å². The molecule has 0 radical (unpaired) electrons. The van der Waals surface area contributed by atoms with E-state index >= 15 is 0 Å². The first-order valence-corrected chi connectivity index (χ1v) is 5.70.